The Morgan fingerprint density at radius 3 is 2.74 bits per heavy atom. The van der Waals surface area contributed by atoms with Gasteiger partial charge >= 0.3 is 0 Å². The fraction of sp³-hybridized carbons (Fsp3) is 0.941. The highest BCUT2D eigenvalue weighted by atomic mass is 16.5. The number of piperidine rings is 1. The summed E-state index contributed by atoms with van der Waals surface area (Å²) >= 11 is 0. The maximum Gasteiger partial charge on any atom is 0.193 e. The molecule has 0 aliphatic carbocycles. The highest BCUT2D eigenvalue weighted by Crippen LogP contribution is 2.17. The quantitative estimate of drug-likeness (QED) is 0.438. The van der Waals surface area contributed by atoms with Crippen LogP contribution < -0.4 is 5.32 Å². The Hall–Kier alpha value is -0.850. The minimum Gasteiger partial charge on any atom is -0.385 e. The van der Waals surface area contributed by atoms with Crippen molar-refractivity contribution in [3.8, 4) is 0 Å². The van der Waals surface area contributed by atoms with E-state index < -0.39 is 0 Å². The van der Waals surface area contributed by atoms with Gasteiger partial charge in [0.15, 0.2) is 5.96 Å². The Kier molecular flexibility index (Phi) is 8.71. The zero-order valence-electron chi connectivity index (χ0n) is 14.8. The van der Waals surface area contributed by atoms with Gasteiger partial charge in [-0.1, -0.05) is 0 Å². The van der Waals surface area contributed by atoms with E-state index in [1.165, 1.54) is 12.8 Å². The lowest BCUT2D eigenvalue weighted by Gasteiger charge is -2.35. The zero-order valence-corrected chi connectivity index (χ0v) is 14.8. The number of rotatable bonds is 7. The molecule has 0 aromatic heterocycles. The van der Waals surface area contributed by atoms with Gasteiger partial charge in [0.1, 0.15) is 0 Å². The van der Waals surface area contributed by atoms with Crippen LogP contribution in [-0.4, -0.2) is 76.7 Å². The lowest BCUT2D eigenvalue weighted by molar-refractivity contribution is -0.0721. The number of ether oxygens (including phenoxy) is 3. The van der Waals surface area contributed by atoms with Crippen LogP contribution in [0.1, 0.15) is 38.5 Å². The number of nitrogens with zero attached hydrogens (tertiary/aromatic N) is 2. The summed E-state index contributed by atoms with van der Waals surface area (Å²) in [6.07, 6.45) is 7.42. The maximum absolute atomic E-state index is 6.07. The van der Waals surface area contributed by atoms with Crippen LogP contribution >= 0.6 is 0 Å². The smallest absolute Gasteiger partial charge is 0.193 e. The number of hydrogen-bond donors (Lipinski definition) is 1. The van der Waals surface area contributed by atoms with Gasteiger partial charge in [0.25, 0.3) is 0 Å². The van der Waals surface area contributed by atoms with Crippen molar-refractivity contribution >= 4 is 5.96 Å². The van der Waals surface area contributed by atoms with E-state index in [1.54, 1.807) is 7.11 Å². The second-order valence-corrected chi connectivity index (χ2v) is 6.33. The topological polar surface area (TPSA) is 55.3 Å². The number of nitrogens with one attached hydrogen (secondary N) is 1. The number of hydrogen-bond acceptors (Lipinski definition) is 4. The summed E-state index contributed by atoms with van der Waals surface area (Å²) in [6.45, 7) is 5.34. The first kappa shape index (κ1) is 18.5. The van der Waals surface area contributed by atoms with Crippen LogP contribution in [0.5, 0.6) is 0 Å². The highest BCUT2D eigenvalue weighted by molar-refractivity contribution is 5.79. The van der Waals surface area contributed by atoms with Gasteiger partial charge in [0.2, 0.25) is 0 Å². The van der Waals surface area contributed by atoms with E-state index in [-0.39, 0.29) is 0 Å². The summed E-state index contributed by atoms with van der Waals surface area (Å²) in [5.74, 6) is 0.996. The lowest BCUT2D eigenvalue weighted by Crippen LogP contribution is -2.47. The average Bonchev–Trinajstić information content (AvgIpc) is 2.62. The second kappa shape index (κ2) is 10.8. The van der Waals surface area contributed by atoms with E-state index >= 15 is 0 Å². The van der Waals surface area contributed by atoms with Crippen LogP contribution in [0.25, 0.3) is 0 Å². The first-order valence-electron chi connectivity index (χ1n) is 9.01. The van der Waals surface area contributed by atoms with Crippen LogP contribution in [0.4, 0.5) is 0 Å². The molecule has 2 saturated heterocycles. The van der Waals surface area contributed by atoms with Crippen molar-refractivity contribution in [1.29, 1.82) is 0 Å². The fourth-order valence-corrected chi connectivity index (χ4v) is 3.17. The van der Waals surface area contributed by atoms with E-state index in [1.807, 2.05) is 7.05 Å². The number of aliphatic imine (C=N–C) groups is 1. The van der Waals surface area contributed by atoms with Crippen LogP contribution in [-0.2, 0) is 14.2 Å². The van der Waals surface area contributed by atoms with E-state index in [0.29, 0.717) is 12.2 Å². The SMILES string of the molecule is CN=C(NCCCOC)N1CCC(OCC2CCCCO2)CC1. The molecule has 6 nitrogen and oxygen atoms in total. The van der Waals surface area contributed by atoms with Gasteiger partial charge in [-0.15, -0.1) is 0 Å². The summed E-state index contributed by atoms with van der Waals surface area (Å²) in [4.78, 5) is 6.71. The molecule has 6 heteroatoms. The predicted molar refractivity (Wildman–Crippen MR) is 92.0 cm³/mol. The molecule has 0 amide bonds. The number of methoxy groups -OCH3 is 1. The zero-order chi connectivity index (χ0) is 16.3. The van der Waals surface area contributed by atoms with Crippen LogP contribution in [0, 0.1) is 0 Å². The van der Waals surface area contributed by atoms with Crippen LogP contribution in [0.3, 0.4) is 0 Å². The monoisotopic (exact) mass is 327 g/mol. The van der Waals surface area contributed by atoms with Crippen molar-refractivity contribution in [3.63, 3.8) is 0 Å². The Morgan fingerprint density at radius 2 is 2.09 bits per heavy atom. The standard InChI is InChI=1S/C17H33N3O3/c1-18-17(19-9-5-12-21-2)20-10-7-15(8-11-20)23-14-16-6-3-4-13-22-16/h15-16H,3-14H2,1-2H3,(H,18,19). The molecule has 2 heterocycles. The molecule has 0 radical (unpaired) electrons. The largest absolute Gasteiger partial charge is 0.385 e. The predicted octanol–water partition coefficient (Wildman–Crippen LogP) is 1.65. The number of likely N-dealkylation sites (tertiary alicyclic amines) is 1. The van der Waals surface area contributed by atoms with Crippen molar-refractivity contribution in [1.82, 2.24) is 10.2 Å². The summed E-state index contributed by atoms with van der Waals surface area (Å²) in [6, 6.07) is 0. The molecule has 1 N–H and O–H groups in total. The van der Waals surface area contributed by atoms with E-state index in [0.717, 1.165) is 71.1 Å². The molecule has 1 unspecified atom stereocenters. The van der Waals surface area contributed by atoms with Gasteiger partial charge in [0.05, 0.1) is 18.8 Å². The minimum absolute atomic E-state index is 0.317. The molecule has 0 bridgehead atoms. The molecule has 0 aromatic rings. The average molecular weight is 327 g/mol. The van der Waals surface area contributed by atoms with Gasteiger partial charge in [-0.3, -0.25) is 4.99 Å². The van der Waals surface area contributed by atoms with Crippen molar-refractivity contribution in [2.24, 2.45) is 4.99 Å². The molecule has 0 aromatic carbocycles. The van der Waals surface area contributed by atoms with Gasteiger partial charge in [-0.2, -0.15) is 0 Å². The Morgan fingerprint density at radius 1 is 1.26 bits per heavy atom. The molecule has 2 aliphatic heterocycles. The molecule has 0 spiro atoms. The number of guanidine groups is 1. The molecule has 134 valence electrons. The fourth-order valence-electron chi connectivity index (χ4n) is 3.17. The molecular weight excluding hydrogens is 294 g/mol. The Labute approximate surface area is 140 Å². The van der Waals surface area contributed by atoms with Crippen LogP contribution in [0.15, 0.2) is 4.99 Å². The van der Waals surface area contributed by atoms with Gasteiger partial charge in [0, 0.05) is 47.0 Å². The van der Waals surface area contributed by atoms with Crippen molar-refractivity contribution in [3.05, 3.63) is 0 Å². The molecule has 0 saturated carbocycles. The first-order chi connectivity index (χ1) is 11.3. The first-order valence-corrected chi connectivity index (χ1v) is 9.01. The van der Waals surface area contributed by atoms with Crippen LogP contribution in [0.2, 0.25) is 0 Å². The van der Waals surface area contributed by atoms with E-state index in [2.05, 4.69) is 15.2 Å². The molecule has 23 heavy (non-hydrogen) atoms. The summed E-state index contributed by atoms with van der Waals surface area (Å²) in [5.41, 5.74) is 0. The molecule has 2 rings (SSSR count). The normalized spacial score (nSPS) is 24.0. The summed E-state index contributed by atoms with van der Waals surface area (Å²) < 4.78 is 16.9. The third kappa shape index (κ3) is 6.65. The lowest BCUT2D eigenvalue weighted by atomic mass is 10.1. The van der Waals surface area contributed by atoms with Crippen molar-refractivity contribution < 1.29 is 14.2 Å². The van der Waals surface area contributed by atoms with E-state index in [4.69, 9.17) is 14.2 Å². The summed E-state index contributed by atoms with van der Waals surface area (Å²) in [7, 11) is 3.58. The molecule has 2 aliphatic rings. The minimum atomic E-state index is 0.317. The Balaban J connectivity index is 1.62. The third-order valence-corrected chi connectivity index (χ3v) is 4.55. The van der Waals surface area contributed by atoms with Gasteiger partial charge < -0.3 is 24.4 Å². The molecule has 1 atom stereocenters. The second-order valence-electron chi connectivity index (χ2n) is 6.33. The molecule has 2 fully saturated rings. The Bertz CT molecular complexity index is 338. The summed E-state index contributed by atoms with van der Waals surface area (Å²) in [5, 5.41) is 3.41. The molecular formula is C17H33N3O3. The van der Waals surface area contributed by atoms with Gasteiger partial charge in [-0.25, -0.2) is 0 Å². The van der Waals surface area contributed by atoms with Crippen molar-refractivity contribution in [2.45, 2.75) is 50.7 Å². The van der Waals surface area contributed by atoms with Gasteiger partial charge in [-0.05, 0) is 38.5 Å². The highest BCUT2D eigenvalue weighted by Gasteiger charge is 2.23. The van der Waals surface area contributed by atoms with Crippen molar-refractivity contribution in [2.75, 3.05) is 53.6 Å². The third-order valence-electron chi connectivity index (χ3n) is 4.55. The maximum atomic E-state index is 6.07. The van der Waals surface area contributed by atoms with E-state index in [9.17, 15) is 0 Å².